The summed E-state index contributed by atoms with van der Waals surface area (Å²) in [5, 5.41) is 7.41. The number of H-pyrrole nitrogens is 1. The van der Waals surface area contributed by atoms with Crippen molar-refractivity contribution in [2.24, 2.45) is 5.41 Å². The topological polar surface area (TPSA) is 33.6 Å². The predicted molar refractivity (Wildman–Crippen MR) is 84.1 cm³/mol. The van der Waals surface area contributed by atoms with E-state index in [-0.39, 0.29) is 0 Å². The summed E-state index contributed by atoms with van der Waals surface area (Å²) >= 11 is 5.46. The Labute approximate surface area is 125 Å². The van der Waals surface area contributed by atoms with Gasteiger partial charge in [-0.2, -0.15) is 5.10 Å². The molecule has 0 saturated heterocycles. The molecule has 4 heteroatoms. The Morgan fingerprint density at radius 1 is 1.20 bits per heavy atom. The van der Waals surface area contributed by atoms with Crippen molar-refractivity contribution in [3.05, 3.63) is 35.1 Å². The minimum Gasteiger partial charge on any atom is -0.297 e. The van der Waals surface area contributed by atoms with Gasteiger partial charge in [0, 0.05) is 11.6 Å². The monoisotopic (exact) mass is 287 g/mol. The van der Waals surface area contributed by atoms with Gasteiger partial charge in [0.2, 0.25) is 0 Å². The zero-order valence-electron chi connectivity index (χ0n) is 12.1. The van der Waals surface area contributed by atoms with Gasteiger partial charge in [0.15, 0.2) is 10.6 Å². The molecule has 0 spiro atoms. The van der Waals surface area contributed by atoms with Crippen LogP contribution in [0.25, 0.3) is 11.4 Å². The van der Waals surface area contributed by atoms with Crippen LogP contribution in [0.5, 0.6) is 0 Å². The van der Waals surface area contributed by atoms with E-state index in [0.29, 0.717) is 11.5 Å². The highest BCUT2D eigenvalue weighted by atomic mass is 32.1. The van der Waals surface area contributed by atoms with Gasteiger partial charge in [-0.3, -0.25) is 9.67 Å². The molecular formula is C16H21N3S. The third-order valence-corrected chi connectivity index (χ3v) is 4.70. The van der Waals surface area contributed by atoms with Crippen LogP contribution in [-0.4, -0.2) is 14.8 Å². The van der Waals surface area contributed by atoms with E-state index >= 15 is 0 Å². The number of aromatic nitrogens is 3. The Bertz CT molecular complexity index is 629. The summed E-state index contributed by atoms with van der Waals surface area (Å²) in [6.07, 6.45) is 4.86. The Morgan fingerprint density at radius 2 is 1.85 bits per heavy atom. The van der Waals surface area contributed by atoms with Crippen LogP contribution in [0.1, 0.15) is 45.6 Å². The van der Waals surface area contributed by atoms with Crippen molar-refractivity contribution in [2.75, 3.05) is 0 Å². The average Bonchev–Trinajstić information content (AvgIpc) is 2.82. The predicted octanol–water partition coefficient (Wildman–Crippen LogP) is 4.75. The molecule has 1 aromatic carbocycles. The van der Waals surface area contributed by atoms with Crippen LogP contribution in [0, 0.1) is 10.2 Å². The van der Waals surface area contributed by atoms with Gasteiger partial charge in [-0.1, -0.05) is 44.2 Å². The molecule has 1 aromatic heterocycles. The summed E-state index contributed by atoms with van der Waals surface area (Å²) in [7, 11) is 0. The second-order valence-electron chi connectivity index (χ2n) is 6.48. The molecule has 3 rings (SSSR count). The van der Waals surface area contributed by atoms with Crippen LogP contribution in [0.3, 0.4) is 0 Å². The number of rotatable bonds is 2. The maximum atomic E-state index is 5.46. The lowest BCUT2D eigenvalue weighted by Crippen LogP contribution is -2.24. The molecule has 1 aliphatic rings. The van der Waals surface area contributed by atoms with Crippen molar-refractivity contribution in [3.8, 4) is 11.4 Å². The summed E-state index contributed by atoms with van der Waals surface area (Å²) in [5.41, 5.74) is 1.60. The highest BCUT2D eigenvalue weighted by molar-refractivity contribution is 7.71. The molecule has 20 heavy (non-hydrogen) atoms. The first-order valence-electron chi connectivity index (χ1n) is 7.29. The number of nitrogens with one attached hydrogen (secondary N) is 1. The molecule has 1 aliphatic carbocycles. The number of aromatic amines is 1. The first kappa shape index (κ1) is 13.6. The van der Waals surface area contributed by atoms with E-state index in [0.717, 1.165) is 16.2 Å². The van der Waals surface area contributed by atoms with Crippen LogP contribution in [0.4, 0.5) is 0 Å². The van der Waals surface area contributed by atoms with Crippen molar-refractivity contribution in [2.45, 2.75) is 45.6 Å². The molecule has 0 aliphatic heterocycles. The molecule has 0 atom stereocenters. The number of nitrogens with zero attached hydrogens (tertiary/aromatic N) is 2. The lowest BCUT2D eigenvalue weighted by molar-refractivity contribution is 0.193. The van der Waals surface area contributed by atoms with Gasteiger partial charge in [0.25, 0.3) is 0 Å². The van der Waals surface area contributed by atoms with Crippen LogP contribution in [0.2, 0.25) is 0 Å². The quantitative estimate of drug-likeness (QED) is 0.809. The van der Waals surface area contributed by atoms with E-state index < -0.39 is 0 Å². The van der Waals surface area contributed by atoms with Gasteiger partial charge in [-0.15, -0.1) is 0 Å². The van der Waals surface area contributed by atoms with E-state index in [2.05, 4.69) is 40.7 Å². The second-order valence-corrected chi connectivity index (χ2v) is 6.87. The Balaban J connectivity index is 1.95. The summed E-state index contributed by atoms with van der Waals surface area (Å²) in [6, 6.07) is 10.8. The molecule has 1 saturated carbocycles. The summed E-state index contributed by atoms with van der Waals surface area (Å²) in [6.45, 7) is 4.71. The number of hydrogen-bond acceptors (Lipinski definition) is 2. The van der Waals surface area contributed by atoms with Crippen molar-refractivity contribution >= 4 is 12.2 Å². The van der Waals surface area contributed by atoms with E-state index in [9.17, 15) is 0 Å². The van der Waals surface area contributed by atoms with Gasteiger partial charge in [0.05, 0.1) is 0 Å². The van der Waals surface area contributed by atoms with Crippen LogP contribution in [-0.2, 0) is 0 Å². The first-order valence-corrected chi connectivity index (χ1v) is 7.70. The SMILES string of the molecule is CC1(C)CCC(n2c(-c3ccccc3)n[nH]c2=S)CC1. The minimum atomic E-state index is 0.468. The summed E-state index contributed by atoms with van der Waals surface area (Å²) < 4.78 is 2.97. The van der Waals surface area contributed by atoms with E-state index in [4.69, 9.17) is 12.2 Å². The van der Waals surface area contributed by atoms with E-state index in [1.165, 1.54) is 25.7 Å². The van der Waals surface area contributed by atoms with E-state index in [1.807, 2.05) is 18.2 Å². The fourth-order valence-corrected chi connectivity index (χ4v) is 3.36. The molecule has 0 unspecified atom stereocenters. The Hall–Kier alpha value is -1.42. The van der Waals surface area contributed by atoms with Crippen molar-refractivity contribution in [3.63, 3.8) is 0 Å². The molecule has 0 amide bonds. The molecule has 1 heterocycles. The fraction of sp³-hybridized carbons (Fsp3) is 0.500. The third-order valence-electron chi connectivity index (χ3n) is 4.41. The van der Waals surface area contributed by atoms with Crippen molar-refractivity contribution < 1.29 is 0 Å². The largest absolute Gasteiger partial charge is 0.297 e. The Morgan fingerprint density at radius 3 is 2.50 bits per heavy atom. The third kappa shape index (κ3) is 2.57. The van der Waals surface area contributed by atoms with E-state index in [1.54, 1.807) is 0 Å². The molecule has 1 fully saturated rings. The van der Waals surface area contributed by atoms with Gasteiger partial charge < -0.3 is 0 Å². The van der Waals surface area contributed by atoms with Crippen LogP contribution < -0.4 is 0 Å². The smallest absolute Gasteiger partial charge is 0.195 e. The number of hydrogen-bond donors (Lipinski definition) is 1. The zero-order valence-corrected chi connectivity index (χ0v) is 12.9. The normalized spacial score (nSPS) is 19.1. The van der Waals surface area contributed by atoms with Crippen molar-refractivity contribution in [1.29, 1.82) is 0 Å². The van der Waals surface area contributed by atoms with Gasteiger partial charge in [-0.25, -0.2) is 0 Å². The summed E-state index contributed by atoms with van der Waals surface area (Å²) in [5.74, 6) is 0.973. The highest BCUT2D eigenvalue weighted by Gasteiger charge is 2.29. The second kappa shape index (κ2) is 5.17. The first-order chi connectivity index (χ1) is 9.57. The molecule has 1 N–H and O–H groups in total. The molecule has 0 bridgehead atoms. The standard InChI is InChI=1S/C16H21N3S/c1-16(2)10-8-13(9-11-16)19-14(17-18-15(19)20)12-6-4-3-5-7-12/h3-7,13H,8-11H2,1-2H3,(H,18,20). The van der Waals surface area contributed by atoms with Crippen LogP contribution in [0.15, 0.2) is 30.3 Å². The summed E-state index contributed by atoms with van der Waals surface area (Å²) in [4.78, 5) is 0. The molecule has 3 nitrogen and oxygen atoms in total. The molecule has 2 aromatic rings. The molecule has 0 radical (unpaired) electrons. The van der Waals surface area contributed by atoms with Gasteiger partial charge >= 0.3 is 0 Å². The minimum absolute atomic E-state index is 0.468. The zero-order chi connectivity index (χ0) is 14.2. The number of benzene rings is 1. The Kier molecular flexibility index (Phi) is 3.50. The van der Waals surface area contributed by atoms with Gasteiger partial charge in [-0.05, 0) is 43.3 Å². The highest BCUT2D eigenvalue weighted by Crippen LogP contribution is 2.41. The van der Waals surface area contributed by atoms with Crippen molar-refractivity contribution in [1.82, 2.24) is 14.8 Å². The fourth-order valence-electron chi connectivity index (χ4n) is 3.08. The lowest BCUT2D eigenvalue weighted by Gasteiger charge is -2.35. The maximum Gasteiger partial charge on any atom is 0.195 e. The maximum absolute atomic E-state index is 5.46. The lowest BCUT2D eigenvalue weighted by atomic mass is 9.75. The van der Waals surface area contributed by atoms with Gasteiger partial charge in [0.1, 0.15) is 0 Å². The average molecular weight is 287 g/mol. The molecule has 106 valence electrons. The van der Waals surface area contributed by atoms with Crippen LogP contribution >= 0.6 is 12.2 Å². The molecular weight excluding hydrogens is 266 g/mol.